The van der Waals surface area contributed by atoms with Crippen molar-refractivity contribution < 1.29 is 9.53 Å². The average Bonchev–Trinajstić information content (AvgIpc) is 2.76. The molecule has 1 aliphatic rings. The van der Waals surface area contributed by atoms with Crippen LogP contribution in [0.3, 0.4) is 0 Å². The Kier molecular flexibility index (Phi) is 7.48. The summed E-state index contributed by atoms with van der Waals surface area (Å²) in [6.07, 6.45) is 2.04. The van der Waals surface area contributed by atoms with Crippen LogP contribution in [0.2, 0.25) is 0 Å². The van der Waals surface area contributed by atoms with Gasteiger partial charge in [0.25, 0.3) is 5.91 Å². The Morgan fingerprint density at radius 1 is 1.27 bits per heavy atom. The van der Waals surface area contributed by atoms with Gasteiger partial charge in [0.1, 0.15) is 11.6 Å². The summed E-state index contributed by atoms with van der Waals surface area (Å²) in [7, 11) is 1.77. The summed E-state index contributed by atoms with van der Waals surface area (Å²) in [5.41, 5.74) is 7.20. The van der Waals surface area contributed by atoms with E-state index in [1.807, 2.05) is 31.2 Å². The maximum atomic E-state index is 10.9. The molecule has 0 radical (unpaired) electrons. The Hall–Kier alpha value is -3.29. The van der Waals surface area contributed by atoms with E-state index < -0.39 is 5.91 Å². The minimum absolute atomic E-state index is 0.128. The molecule has 1 aliphatic heterocycles. The summed E-state index contributed by atoms with van der Waals surface area (Å²) in [5.74, 6) is 1.94. The largest absolute Gasteiger partial charge is 0.484 e. The second-order valence-electron chi connectivity index (χ2n) is 7.37. The van der Waals surface area contributed by atoms with E-state index in [1.165, 1.54) is 0 Å². The van der Waals surface area contributed by atoms with Crippen LogP contribution in [0.5, 0.6) is 5.75 Å². The van der Waals surface area contributed by atoms with Crippen LogP contribution < -0.4 is 26.0 Å². The summed E-state index contributed by atoms with van der Waals surface area (Å²) in [6.45, 7) is 4.41. The van der Waals surface area contributed by atoms with E-state index in [2.05, 4.69) is 37.6 Å². The van der Waals surface area contributed by atoms with Gasteiger partial charge in [-0.05, 0) is 49.6 Å². The molecular weight excluding hydrogens is 380 g/mol. The molecule has 1 aromatic heterocycles. The Morgan fingerprint density at radius 2 is 2.03 bits per heavy atom. The predicted molar refractivity (Wildman–Crippen MR) is 119 cm³/mol. The molecule has 8 heteroatoms. The van der Waals surface area contributed by atoms with Crippen LogP contribution in [0.25, 0.3) is 0 Å². The van der Waals surface area contributed by atoms with Crippen LogP contribution in [-0.4, -0.2) is 49.6 Å². The molecule has 0 bridgehead atoms. The number of hydrogen-bond acceptors (Lipinski definition) is 5. The quantitative estimate of drug-likeness (QED) is 0.473. The molecule has 1 fully saturated rings. The third kappa shape index (κ3) is 6.37. The third-order valence-corrected chi connectivity index (χ3v) is 5.00. The molecule has 8 nitrogen and oxygen atoms in total. The van der Waals surface area contributed by atoms with Crippen LogP contribution in [-0.2, 0) is 11.3 Å². The van der Waals surface area contributed by atoms with E-state index in [9.17, 15) is 4.79 Å². The zero-order chi connectivity index (χ0) is 21.3. The van der Waals surface area contributed by atoms with E-state index in [0.717, 1.165) is 49.0 Å². The van der Waals surface area contributed by atoms with Crippen LogP contribution >= 0.6 is 0 Å². The molecule has 30 heavy (non-hydrogen) atoms. The topological polar surface area (TPSA) is 105 Å². The van der Waals surface area contributed by atoms with E-state index >= 15 is 0 Å². The molecule has 4 N–H and O–H groups in total. The maximum Gasteiger partial charge on any atom is 0.255 e. The average molecular weight is 411 g/mol. The third-order valence-electron chi connectivity index (χ3n) is 5.00. The number of nitrogens with one attached hydrogen (secondary N) is 2. The van der Waals surface area contributed by atoms with Gasteiger partial charge >= 0.3 is 0 Å². The van der Waals surface area contributed by atoms with Gasteiger partial charge < -0.3 is 26.0 Å². The number of primary amides is 1. The van der Waals surface area contributed by atoms with Crippen LogP contribution in [0.1, 0.15) is 24.1 Å². The van der Waals surface area contributed by atoms with E-state index in [4.69, 9.17) is 10.5 Å². The van der Waals surface area contributed by atoms with Gasteiger partial charge in [0.05, 0.1) is 0 Å². The molecule has 1 amide bonds. The van der Waals surface area contributed by atoms with E-state index in [1.54, 1.807) is 13.1 Å². The lowest BCUT2D eigenvalue weighted by Crippen LogP contribution is -2.48. The first-order valence-electron chi connectivity index (χ1n) is 10.2. The van der Waals surface area contributed by atoms with Gasteiger partial charge in [-0.25, -0.2) is 4.98 Å². The fourth-order valence-corrected chi connectivity index (χ4v) is 3.43. The number of piperidine rings is 1. The number of carbonyl (C=O) groups is 1. The first-order chi connectivity index (χ1) is 14.5. The van der Waals surface area contributed by atoms with Crippen molar-refractivity contribution in [2.75, 3.05) is 31.6 Å². The number of amides is 1. The van der Waals surface area contributed by atoms with E-state index in [-0.39, 0.29) is 6.61 Å². The Bertz CT molecular complexity index is 877. The summed E-state index contributed by atoms with van der Waals surface area (Å²) < 4.78 is 5.36. The highest BCUT2D eigenvalue weighted by Gasteiger charge is 2.21. The Balaban J connectivity index is 1.46. The van der Waals surface area contributed by atoms with Crippen molar-refractivity contribution in [1.82, 2.24) is 15.6 Å². The van der Waals surface area contributed by atoms with Crippen molar-refractivity contribution in [3.8, 4) is 5.75 Å². The number of carbonyl (C=O) groups excluding carboxylic acids is 1. The molecule has 160 valence electrons. The van der Waals surface area contributed by atoms with Crippen molar-refractivity contribution in [2.24, 2.45) is 10.7 Å². The highest BCUT2D eigenvalue weighted by molar-refractivity contribution is 5.80. The maximum absolute atomic E-state index is 10.9. The van der Waals surface area contributed by atoms with Gasteiger partial charge in [-0.1, -0.05) is 18.2 Å². The molecular formula is C22H30N6O2. The molecule has 1 aromatic carbocycles. The van der Waals surface area contributed by atoms with Gasteiger partial charge in [0.15, 0.2) is 12.6 Å². The first-order valence-corrected chi connectivity index (χ1v) is 10.2. The molecule has 0 atom stereocenters. The first kappa shape index (κ1) is 21.4. The summed E-state index contributed by atoms with van der Waals surface area (Å²) in [4.78, 5) is 22.2. The molecule has 0 saturated carbocycles. The summed E-state index contributed by atoms with van der Waals surface area (Å²) >= 11 is 0. The molecule has 0 spiro atoms. The number of hydrogen-bond donors (Lipinski definition) is 3. The van der Waals surface area contributed by atoms with Crippen LogP contribution in [0.15, 0.2) is 47.5 Å². The zero-order valence-corrected chi connectivity index (χ0v) is 17.6. The van der Waals surface area contributed by atoms with Crippen molar-refractivity contribution in [3.05, 3.63) is 53.7 Å². The molecule has 3 rings (SSSR count). The van der Waals surface area contributed by atoms with Gasteiger partial charge in [-0.15, -0.1) is 0 Å². The van der Waals surface area contributed by atoms with Crippen LogP contribution in [0.4, 0.5) is 5.82 Å². The molecule has 2 aromatic rings. The number of anilines is 1. The van der Waals surface area contributed by atoms with Gasteiger partial charge in [0, 0.05) is 38.4 Å². The molecule has 0 unspecified atom stereocenters. The fourth-order valence-electron chi connectivity index (χ4n) is 3.43. The molecule has 0 aliphatic carbocycles. The number of aryl methyl sites for hydroxylation is 1. The number of nitrogens with two attached hydrogens (primary N) is 1. The standard InChI is InChI=1S/C22H30N6O2/c1-16-5-3-8-21(26-16)28-11-9-18(10-12-28)27-22(24-2)25-14-17-6-4-7-19(13-17)30-15-20(23)29/h3-8,13,18H,9-12,14-15H2,1-2H3,(H2,23,29)(H2,24,25,27). The van der Waals surface area contributed by atoms with Crippen molar-refractivity contribution in [1.29, 1.82) is 0 Å². The Morgan fingerprint density at radius 3 is 2.73 bits per heavy atom. The highest BCUT2D eigenvalue weighted by Crippen LogP contribution is 2.18. The number of aromatic nitrogens is 1. The van der Waals surface area contributed by atoms with Crippen molar-refractivity contribution >= 4 is 17.7 Å². The van der Waals surface area contributed by atoms with Gasteiger partial charge in [-0.2, -0.15) is 0 Å². The van der Waals surface area contributed by atoms with Crippen molar-refractivity contribution in [2.45, 2.75) is 32.4 Å². The lowest BCUT2D eigenvalue weighted by atomic mass is 10.1. The number of guanidine groups is 1. The lowest BCUT2D eigenvalue weighted by molar-refractivity contribution is -0.119. The second kappa shape index (κ2) is 10.5. The summed E-state index contributed by atoms with van der Waals surface area (Å²) in [5, 5.41) is 6.85. The number of nitrogens with zero attached hydrogens (tertiary/aromatic N) is 3. The number of rotatable bonds is 7. The van der Waals surface area contributed by atoms with Gasteiger partial charge in [-0.3, -0.25) is 9.79 Å². The molecule has 1 saturated heterocycles. The van der Waals surface area contributed by atoms with E-state index in [0.29, 0.717) is 18.3 Å². The van der Waals surface area contributed by atoms with Crippen molar-refractivity contribution in [3.63, 3.8) is 0 Å². The lowest BCUT2D eigenvalue weighted by Gasteiger charge is -2.34. The number of pyridine rings is 1. The predicted octanol–water partition coefficient (Wildman–Crippen LogP) is 1.59. The van der Waals surface area contributed by atoms with Gasteiger partial charge in [0.2, 0.25) is 0 Å². The number of benzene rings is 1. The highest BCUT2D eigenvalue weighted by atomic mass is 16.5. The number of aliphatic imine (C=N–C) groups is 1. The minimum Gasteiger partial charge on any atom is -0.484 e. The SMILES string of the molecule is CN=C(NCc1cccc(OCC(N)=O)c1)NC1CCN(c2cccc(C)n2)CC1. The summed E-state index contributed by atoms with van der Waals surface area (Å²) in [6, 6.07) is 14.1. The monoisotopic (exact) mass is 410 g/mol. The Labute approximate surface area is 177 Å². The number of ether oxygens (including phenoxy) is 1. The van der Waals surface area contributed by atoms with Crippen LogP contribution in [0, 0.1) is 6.92 Å². The minimum atomic E-state index is -0.493. The second-order valence-corrected chi connectivity index (χ2v) is 7.37. The zero-order valence-electron chi connectivity index (χ0n) is 17.6. The smallest absolute Gasteiger partial charge is 0.255 e. The fraction of sp³-hybridized carbons (Fsp3) is 0.409. The molecule has 2 heterocycles. The normalized spacial score (nSPS) is 15.0.